The van der Waals surface area contributed by atoms with Crippen molar-refractivity contribution in [2.45, 2.75) is 132 Å². The molecule has 10 rings (SSSR count). The van der Waals surface area contributed by atoms with Gasteiger partial charge in [-0.15, -0.1) is 20.5 Å². The number of nitrogens with zero attached hydrogens (tertiary/aromatic N) is 13. The van der Waals surface area contributed by atoms with Gasteiger partial charge in [0.25, 0.3) is 32.1 Å². The van der Waals surface area contributed by atoms with E-state index in [1.54, 1.807) is 11.8 Å². The molecule has 2 saturated heterocycles. The lowest BCUT2D eigenvalue weighted by Crippen LogP contribution is -2.30. The molecule has 3 aliphatic rings. The average molecular weight is 1440 g/mol. The second-order valence-electron chi connectivity index (χ2n) is 23.6. The van der Waals surface area contributed by atoms with Gasteiger partial charge in [0.15, 0.2) is 16.7 Å². The molecular weight excluding hydrogens is 1360 g/mol. The summed E-state index contributed by atoms with van der Waals surface area (Å²) in [6, 6.07) is 21.4. The number of hydrogen-bond donors (Lipinski definition) is 6. The summed E-state index contributed by atoms with van der Waals surface area (Å²) in [5.74, 6) is -1.00. The van der Waals surface area contributed by atoms with Crippen LogP contribution in [0.2, 0.25) is 0 Å². The van der Waals surface area contributed by atoms with Gasteiger partial charge in [0.1, 0.15) is 23.0 Å². The minimum atomic E-state index is -4.48. The fourth-order valence-corrected chi connectivity index (χ4v) is 15.4. The molecule has 27 nitrogen and oxygen atoms in total. The molecular formula is C67H79N17O10S5. The van der Waals surface area contributed by atoms with Crippen molar-refractivity contribution < 1.29 is 45.1 Å². The van der Waals surface area contributed by atoms with E-state index in [0.717, 1.165) is 129 Å². The number of anilines is 10. The molecule has 1 aliphatic carbocycles. The number of carbonyl (C=O) groups is 4. The predicted molar refractivity (Wildman–Crippen MR) is 391 cm³/mol. The van der Waals surface area contributed by atoms with Crippen LogP contribution < -0.4 is 40.9 Å². The van der Waals surface area contributed by atoms with E-state index >= 15 is 0 Å². The SMILES string of the molecule is CCN(CC)c1ccc(N=Nc2nc(N3CCCCC3)c(C=C(C(C)=O)C(=O)Nc3ccc(S(=O)(=O)O)cc3)s2)c(Nc2nc(Nc3cc(N(CC)CC)ccc3N=Nc3nc(N4CCCCC4)c(C=C(C(C)=O)C(=O)Nc4ccc(S(=O)(=O)O)cc4)s3)nc(SC3CCCCC3)n2)c1. The number of thioether (sulfide) groups is 1. The van der Waals surface area contributed by atoms with E-state index in [1.165, 1.54) is 50.3 Å². The van der Waals surface area contributed by atoms with Crippen molar-refractivity contribution in [1.82, 2.24) is 24.9 Å². The molecule has 99 heavy (non-hydrogen) atoms. The van der Waals surface area contributed by atoms with E-state index in [9.17, 15) is 45.1 Å². The van der Waals surface area contributed by atoms with Gasteiger partial charge in [-0.2, -0.15) is 41.8 Å². The monoisotopic (exact) mass is 1440 g/mol. The Labute approximate surface area is 587 Å². The first-order chi connectivity index (χ1) is 47.5. The maximum atomic E-state index is 13.8. The molecule has 0 radical (unpaired) electrons. The summed E-state index contributed by atoms with van der Waals surface area (Å²) in [7, 11) is -8.95. The Kier molecular flexibility index (Phi) is 24.5. The van der Waals surface area contributed by atoms with E-state index < -0.39 is 43.6 Å². The van der Waals surface area contributed by atoms with Crippen LogP contribution >= 0.6 is 34.4 Å². The molecule has 0 spiro atoms. The van der Waals surface area contributed by atoms with E-state index in [2.05, 4.69) is 68.6 Å². The van der Waals surface area contributed by atoms with E-state index in [1.807, 2.05) is 36.4 Å². The molecule has 0 bridgehead atoms. The number of Topliss-reactive ketones (excluding diaryl/α,β-unsaturated/α-hetero) is 2. The van der Waals surface area contributed by atoms with Gasteiger partial charge in [-0.1, -0.05) is 53.7 Å². The van der Waals surface area contributed by atoms with Gasteiger partial charge in [-0.25, -0.2) is 0 Å². The quantitative estimate of drug-likeness (QED) is 0.00872. The Hall–Kier alpha value is -8.92. The van der Waals surface area contributed by atoms with Crippen molar-refractivity contribution in [3.8, 4) is 0 Å². The predicted octanol–water partition coefficient (Wildman–Crippen LogP) is 14.9. The van der Waals surface area contributed by atoms with Gasteiger partial charge in [-0.05, 0) is 190 Å². The summed E-state index contributed by atoms with van der Waals surface area (Å²) in [5, 5.41) is 32.6. The highest BCUT2D eigenvalue weighted by molar-refractivity contribution is 7.99. The summed E-state index contributed by atoms with van der Waals surface area (Å²) < 4.78 is 65.7. The molecule has 4 aromatic carbocycles. The largest absolute Gasteiger partial charge is 0.372 e. The number of piperidine rings is 2. The topological polar surface area (TPSA) is 352 Å². The fourth-order valence-electron chi connectivity index (χ4n) is 11.6. The second kappa shape index (κ2) is 33.3. The van der Waals surface area contributed by atoms with Gasteiger partial charge in [0.2, 0.25) is 22.2 Å². The Morgan fingerprint density at radius 1 is 0.535 bits per heavy atom. The van der Waals surface area contributed by atoms with Crippen molar-refractivity contribution in [3.63, 3.8) is 0 Å². The van der Waals surface area contributed by atoms with Gasteiger partial charge in [0.05, 0.1) is 42.1 Å². The van der Waals surface area contributed by atoms with Crippen molar-refractivity contribution in [2.75, 3.05) is 93.2 Å². The molecule has 522 valence electrons. The Bertz CT molecular complexity index is 4170. The third-order valence-corrected chi connectivity index (χ3v) is 21.5. The number of benzene rings is 4. The number of rotatable bonds is 28. The van der Waals surface area contributed by atoms with Crippen LogP contribution in [0.4, 0.5) is 79.3 Å². The van der Waals surface area contributed by atoms with Crippen LogP contribution in [0.15, 0.2) is 131 Å². The van der Waals surface area contributed by atoms with Crippen molar-refractivity contribution >= 4 is 169 Å². The third-order valence-electron chi connectivity index (χ3n) is 16.8. The van der Waals surface area contributed by atoms with Gasteiger partial charge >= 0.3 is 0 Å². The van der Waals surface area contributed by atoms with Crippen LogP contribution in [0.5, 0.6) is 0 Å². The van der Waals surface area contributed by atoms with Gasteiger partial charge in [0, 0.05) is 80.4 Å². The number of hydrogen-bond acceptors (Lipinski definition) is 26. The van der Waals surface area contributed by atoms with E-state index in [4.69, 9.17) is 45.4 Å². The zero-order valence-electron chi connectivity index (χ0n) is 55.8. The molecule has 2 aliphatic heterocycles. The first-order valence-electron chi connectivity index (χ1n) is 32.9. The maximum Gasteiger partial charge on any atom is 0.294 e. The zero-order chi connectivity index (χ0) is 70.4. The molecule has 0 unspecified atom stereocenters. The number of aromatic nitrogens is 5. The van der Waals surface area contributed by atoms with E-state index in [-0.39, 0.29) is 59.7 Å². The summed E-state index contributed by atoms with van der Waals surface area (Å²) >= 11 is 3.91. The molecule has 0 atom stereocenters. The zero-order valence-corrected chi connectivity index (χ0v) is 59.8. The fraction of sp³-hybridized carbons (Fsp3) is 0.388. The number of ketones is 2. The second-order valence-corrected chi connectivity index (χ2v) is 29.8. The lowest BCUT2D eigenvalue weighted by Gasteiger charge is -2.27. The molecule has 5 heterocycles. The minimum absolute atomic E-state index is 0.175. The van der Waals surface area contributed by atoms with Crippen LogP contribution in [0.25, 0.3) is 12.2 Å². The Morgan fingerprint density at radius 2 is 0.919 bits per heavy atom. The highest BCUT2D eigenvalue weighted by Crippen LogP contribution is 2.42. The third kappa shape index (κ3) is 19.3. The number of carbonyl (C=O) groups excluding carboxylic acids is 4. The lowest BCUT2D eigenvalue weighted by atomic mass is 10.0. The van der Waals surface area contributed by atoms with Crippen LogP contribution in [-0.4, -0.2) is 132 Å². The molecule has 3 aromatic heterocycles. The van der Waals surface area contributed by atoms with Crippen molar-refractivity contribution in [2.24, 2.45) is 20.5 Å². The number of azo groups is 2. The molecule has 2 amide bonds. The normalized spacial score (nSPS) is 15.2. The standard InChI is InChI=1S/C67H79N17O10S5/c1-7-81(8-2)46-26-32-53(77-79-66-72-59(83-34-16-12-17-35-83)57(96-66)40-51(42(5)85)61(87)68-44-22-28-49(29-23-44)98(89,90)91)55(38-46)70-63-74-64(76-65(75-63)95-48-20-14-11-15-21-48)71-56-39-47(82(9-3)10-4)27-33-54(56)78-80-67-73-60(84-36-18-13-19-37-84)58(97-67)41-52(43(6)86)62(88)69-45-24-30-50(31-25-45)99(92,93)94/h22-33,38-41,48H,7-21,34-37H2,1-6H3,(H,68,87)(H,69,88)(H,89,90,91)(H,92,93,94)(H2,70,71,74,75,76). The van der Waals surface area contributed by atoms with Crippen molar-refractivity contribution in [3.05, 3.63) is 106 Å². The van der Waals surface area contributed by atoms with Crippen LogP contribution in [0.3, 0.4) is 0 Å². The van der Waals surface area contributed by atoms with Gasteiger partial charge in [-0.3, -0.25) is 28.3 Å². The molecule has 6 N–H and O–H groups in total. The Morgan fingerprint density at radius 3 is 1.28 bits per heavy atom. The molecule has 3 fully saturated rings. The summed E-state index contributed by atoms with van der Waals surface area (Å²) in [6.45, 7) is 16.5. The average Bonchev–Trinajstić information content (AvgIpc) is 1.81. The maximum absolute atomic E-state index is 13.8. The first-order valence-corrected chi connectivity index (χ1v) is 38.3. The highest BCUT2D eigenvalue weighted by atomic mass is 32.2. The summed E-state index contributed by atoms with van der Waals surface area (Å²) in [4.78, 5) is 88.0. The number of thiazole rings is 2. The first kappa shape index (κ1) is 72.8. The van der Waals surface area contributed by atoms with Crippen LogP contribution in [-0.2, 0) is 39.4 Å². The lowest BCUT2D eigenvalue weighted by molar-refractivity contribution is -0.120. The number of nitrogens with one attached hydrogen (secondary N) is 4. The molecule has 32 heteroatoms. The molecule has 1 saturated carbocycles. The van der Waals surface area contributed by atoms with Crippen molar-refractivity contribution in [1.29, 1.82) is 0 Å². The Balaban J connectivity index is 0.997. The summed E-state index contributed by atoms with van der Waals surface area (Å²) in [6.07, 6.45) is 14.0. The van der Waals surface area contributed by atoms with E-state index in [0.29, 0.717) is 102 Å². The van der Waals surface area contributed by atoms with Crippen LogP contribution in [0, 0.1) is 0 Å². The smallest absolute Gasteiger partial charge is 0.294 e. The van der Waals surface area contributed by atoms with Gasteiger partial charge < -0.3 is 40.9 Å². The highest BCUT2D eigenvalue weighted by Gasteiger charge is 2.27. The number of amides is 2. The molecule has 7 aromatic rings. The minimum Gasteiger partial charge on any atom is -0.372 e. The van der Waals surface area contributed by atoms with Crippen LogP contribution in [0.1, 0.15) is 122 Å². The summed E-state index contributed by atoms with van der Waals surface area (Å²) in [5.41, 5.74) is 3.73.